The highest BCUT2D eigenvalue weighted by molar-refractivity contribution is 7.17. The number of hydrogen-bond acceptors (Lipinski definition) is 7. The highest BCUT2D eigenvalue weighted by Crippen LogP contribution is 2.25. The zero-order valence-electron chi connectivity index (χ0n) is 10.6. The molecule has 0 bridgehead atoms. The Kier molecular flexibility index (Phi) is 2.95. The van der Waals surface area contributed by atoms with Gasteiger partial charge in [0, 0.05) is 24.8 Å². The van der Waals surface area contributed by atoms with Crippen LogP contribution in [0.1, 0.15) is 12.0 Å². The molecule has 0 amide bonds. The monoisotopic (exact) mass is 288 g/mol. The molecule has 4 rings (SSSR count). The van der Waals surface area contributed by atoms with Crippen LogP contribution in [0.3, 0.4) is 0 Å². The molecule has 1 N–H and O–H groups in total. The summed E-state index contributed by atoms with van der Waals surface area (Å²) in [4.78, 5) is 8.80. The number of aromatic nitrogens is 3. The first-order valence-electron chi connectivity index (χ1n) is 6.40. The minimum Gasteiger partial charge on any atom is -0.366 e. The fourth-order valence-electron chi connectivity index (χ4n) is 2.18. The maximum atomic E-state index is 5.60. The molecule has 0 aliphatic carbocycles. The molecule has 3 aromatic heterocycles. The van der Waals surface area contributed by atoms with E-state index in [9.17, 15) is 0 Å². The predicted octanol–water partition coefficient (Wildman–Crippen LogP) is 2.01. The van der Waals surface area contributed by atoms with Gasteiger partial charge >= 0.3 is 0 Å². The molecule has 4 heterocycles. The van der Waals surface area contributed by atoms with Gasteiger partial charge < -0.3 is 14.6 Å². The second-order valence-electron chi connectivity index (χ2n) is 4.55. The minimum atomic E-state index is -0.163. The average Bonchev–Trinajstić information content (AvgIpc) is 3.16. The third-order valence-corrected chi connectivity index (χ3v) is 4.06. The van der Waals surface area contributed by atoms with E-state index in [1.807, 2.05) is 17.5 Å². The van der Waals surface area contributed by atoms with Crippen LogP contribution in [0, 0.1) is 0 Å². The lowest BCUT2D eigenvalue weighted by molar-refractivity contribution is 0.00755. The van der Waals surface area contributed by atoms with Gasteiger partial charge in [-0.3, -0.25) is 4.98 Å². The minimum absolute atomic E-state index is 0.163. The Labute approximate surface area is 118 Å². The van der Waals surface area contributed by atoms with E-state index >= 15 is 0 Å². The molecule has 1 saturated heterocycles. The van der Waals surface area contributed by atoms with E-state index in [1.165, 1.54) is 0 Å². The van der Waals surface area contributed by atoms with Crippen molar-refractivity contribution >= 4 is 21.6 Å². The molecule has 3 aromatic rings. The normalized spacial score (nSPS) is 19.5. The van der Waals surface area contributed by atoms with Crippen LogP contribution in [-0.2, 0) is 4.74 Å². The Hall–Kier alpha value is -1.83. The fraction of sp³-hybridized carbons (Fsp3) is 0.308. The third-order valence-electron chi connectivity index (χ3n) is 3.21. The van der Waals surface area contributed by atoms with Crippen molar-refractivity contribution < 1.29 is 9.26 Å². The molecule has 102 valence electrons. The highest BCUT2D eigenvalue weighted by Gasteiger charge is 2.22. The van der Waals surface area contributed by atoms with Crippen molar-refractivity contribution in [2.45, 2.75) is 6.10 Å². The second kappa shape index (κ2) is 4.93. The van der Waals surface area contributed by atoms with Gasteiger partial charge in [-0.05, 0) is 17.5 Å². The van der Waals surface area contributed by atoms with Gasteiger partial charge in [-0.25, -0.2) is 0 Å². The first kappa shape index (κ1) is 12.0. The summed E-state index contributed by atoms with van der Waals surface area (Å²) < 4.78 is 12.0. The van der Waals surface area contributed by atoms with Gasteiger partial charge in [0.15, 0.2) is 0 Å². The van der Waals surface area contributed by atoms with Crippen molar-refractivity contribution in [3.05, 3.63) is 29.6 Å². The summed E-state index contributed by atoms with van der Waals surface area (Å²) in [7, 11) is 0. The van der Waals surface area contributed by atoms with Gasteiger partial charge in [0.2, 0.25) is 5.82 Å². The smallest absolute Gasteiger partial charge is 0.257 e. The van der Waals surface area contributed by atoms with Gasteiger partial charge in [-0.2, -0.15) is 4.98 Å². The topological polar surface area (TPSA) is 73.1 Å². The van der Waals surface area contributed by atoms with Gasteiger partial charge in [0.1, 0.15) is 6.10 Å². The fourth-order valence-corrected chi connectivity index (χ4v) is 2.96. The van der Waals surface area contributed by atoms with Crippen LogP contribution in [0.5, 0.6) is 0 Å². The summed E-state index contributed by atoms with van der Waals surface area (Å²) in [5.74, 6) is 1.07. The molecule has 0 spiro atoms. The molecular weight excluding hydrogens is 276 g/mol. The Morgan fingerprint density at radius 2 is 2.40 bits per heavy atom. The number of pyridine rings is 1. The lowest BCUT2D eigenvalue weighted by Gasteiger charge is -2.19. The number of morpholine rings is 1. The Morgan fingerprint density at radius 3 is 3.30 bits per heavy atom. The molecule has 20 heavy (non-hydrogen) atoms. The van der Waals surface area contributed by atoms with Crippen LogP contribution in [0.4, 0.5) is 0 Å². The van der Waals surface area contributed by atoms with E-state index in [2.05, 4.69) is 20.4 Å². The van der Waals surface area contributed by atoms with Crippen molar-refractivity contribution in [1.82, 2.24) is 20.4 Å². The molecule has 0 saturated carbocycles. The molecule has 1 aliphatic rings. The molecule has 0 aromatic carbocycles. The van der Waals surface area contributed by atoms with E-state index in [0.717, 1.165) is 22.3 Å². The number of nitrogens with zero attached hydrogens (tertiary/aromatic N) is 3. The number of hydrogen-bond donors (Lipinski definition) is 1. The standard InChI is InChI=1S/C13H12N4O2S/c1-4-20-11-5-8(6-15-9(1)11)12-16-13(19-17-12)10-7-14-2-3-18-10/h1,4-6,10,14H,2-3,7H2. The number of rotatable bonds is 2. The maximum Gasteiger partial charge on any atom is 0.257 e. The van der Waals surface area contributed by atoms with Crippen LogP contribution in [0.25, 0.3) is 21.6 Å². The summed E-state index contributed by atoms with van der Waals surface area (Å²) in [6.45, 7) is 2.21. The van der Waals surface area contributed by atoms with E-state index in [4.69, 9.17) is 9.26 Å². The maximum absolute atomic E-state index is 5.60. The second-order valence-corrected chi connectivity index (χ2v) is 5.50. The molecule has 0 radical (unpaired) electrons. The lowest BCUT2D eigenvalue weighted by Crippen LogP contribution is -2.33. The lowest BCUT2D eigenvalue weighted by atomic mass is 10.2. The van der Waals surface area contributed by atoms with E-state index < -0.39 is 0 Å². The van der Waals surface area contributed by atoms with E-state index in [0.29, 0.717) is 24.9 Å². The zero-order valence-corrected chi connectivity index (χ0v) is 11.4. The number of nitrogens with one attached hydrogen (secondary N) is 1. The van der Waals surface area contributed by atoms with Crippen LogP contribution in [0.15, 0.2) is 28.2 Å². The summed E-state index contributed by atoms with van der Waals surface area (Å²) in [5.41, 5.74) is 1.85. The first-order chi connectivity index (χ1) is 9.90. The van der Waals surface area contributed by atoms with Crippen LogP contribution in [0.2, 0.25) is 0 Å². The van der Waals surface area contributed by atoms with Crippen molar-refractivity contribution in [3.63, 3.8) is 0 Å². The number of fused-ring (bicyclic) bond motifs is 1. The van der Waals surface area contributed by atoms with Crippen LogP contribution >= 0.6 is 11.3 Å². The van der Waals surface area contributed by atoms with E-state index in [-0.39, 0.29) is 6.10 Å². The summed E-state index contributed by atoms with van der Waals surface area (Å²) in [6.07, 6.45) is 1.60. The first-order valence-corrected chi connectivity index (χ1v) is 7.28. The van der Waals surface area contributed by atoms with E-state index in [1.54, 1.807) is 17.5 Å². The summed E-state index contributed by atoms with van der Waals surface area (Å²) in [6, 6.07) is 4.02. The molecule has 1 unspecified atom stereocenters. The molecule has 7 heteroatoms. The molecule has 1 aliphatic heterocycles. The quantitative estimate of drug-likeness (QED) is 0.777. The summed E-state index contributed by atoms with van der Waals surface area (Å²) in [5, 5.41) is 9.28. The average molecular weight is 288 g/mol. The molecule has 6 nitrogen and oxygen atoms in total. The van der Waals surface area contributed by atoms with Crippen LogP contribution < -0.4 is 5.32 Å². The van der Waals surface area contributed by atoms with Gasteiger partial charge in [-0.15, -0.1) is 11.3 Å². The Bertz CT molecular complexity index is 733. The molecular formula is C13H12N4O2S. The van der Waals surface area contributed by atoms with Crippen molar-refractivity contribution in [3.8, 4) is 11.4 Å². The van der Waals surface area contributed by atoms with Crippen molar-refractivity contribution in [1.29, 1.82) is 0 Å². The highest BCUT2D eigenvalue weighted by atomic mass is 32.1. The zero-order chi connectivity index (χ0) is 13.4. The summed E-state index contributed by atoms with van der Waals surface area (Å²) >= 11 is 1.65. The largest absolute Gasteiger partial charge is 0.366 e. The van der Waals surface area contributed by atoms with Crippen LogP contribution in [-0.4, -0.2) is 34.8 Å². The SMILES string of the molecule is c1cc2ncc(-c3noc(C4CNCCO4)n3)cc2s1. The molecule has 1 fully saturated rings. The van der Waals surface area contributed by atoms with Crippen molar-refractivity contribution in [2.75, 3.05) is 19.7 Å². The number of thiophene rings is 1. The Balaban J connectivity index is 1.66. The predicted molar refractivity (Wildman–Crippen MR) is 74.5 cm³/mol. The number of ether oxygens (including phenoxy) is 1. The van der Waals surface area contributed by atoms with Gasteiger partial charge in [0.05, 0.1) is 16.8 Å². The molecule has 1 atom stereocenters. The van der Waals surface area contributed by atoms with Crippen molar-refractivity contribution in [2.24, 2.45) is 0 Å². The third kappa shape index (κ3) is 2.09. The van der Waals surface area contributed by atoms with Gasteiger partial charge in [-0.1, -0.05) is 5.16 Å². The Morgan fingerprint density at radius 1 is 1.40 bits per heavy atom. The van der Waals surface area contributed by atoms with Gasteiger partial charge in [0.25, 0.3) is 5.89 Å².